The number of aromatic nitrogens is 1. The number of thiophene rings is 1. The van der Waals surface area contributed by atoms with Crippen molar-refractivity contribution >= 4 is 39.6 Å². The molecule has 2 amide bonds. The van der Waals surface area contributed by atoms with Gasteiger partial charge in [-0.25, -0.2) is 4.98 Å². The van der Waals surface area contributed by atoms with Gasteiger partial charge in [0.15, 0.2) is 5.13 Å². The quantitative estimate of drug-likeness (QED) is 0.610. The van der Waals surface area contributed by atoms with Gasteiger partial charge in [-0.3, -0.25) is 9.59 Å². The SMILES string of the molecule is COc1ccccc1CN(C)C(=O)Cc1csc(NC(=O)Cc2cccs2)n1. The number of benzene rings is 1. The number of carbonyl (C=O) groups is 2. The largest absolute Gasteiger partial charge is 0.496 e. The zero-order chi connectivity index (χ0) is 19.9. The van der Waals surface area contributed by atoms with Crippen molar-refractivity contribution in [2.24, 2.45) is 0 Å². The van der Waals surface area contributed by atoms with E-state index in [0.29, 0.717) is 23.8 Å². The van der Waals surface area contributed by atoms with Gasteiger partial charge in [0.2, 0.25) is 11.8 Å². The van der Waals surface area contributed by atoms with Gasteiger partial charge in [-0.1, -0.05) is 24.3 Å². The molecule has 6 nitrogen and oxygen atoms in total. The minimum Gasteiger partial charge on any atom is -0.496 e. The summed E-state index contributed by atoms with van der Waals surface area (Å²) in [5, 5.41) is 7.05. The highest BCUT2D eigenvalue weighted by atomic mass is 32.1. The molecule has 0 spiro atoms. The van der Waals surface area contributed by atoms with E-state index < -0.39 is 0 Å². The van der Waals surface area contributed by atoms with Crippen molar-refractivity contribution in [1.82, 2.24) is 9.88 Å². The Morgan fingerprint density at radius 2 is 1.96 bits per heavy atom. The van der Waals surface area contributed by atoms with Gasteiger partial charge in [0.1, 0.15) is 5.75 Å². The topological polar surface area (TPSA) is 71.5 Å². The molecular weight excluding hydrogens is 394 g/mol. The Kier molecular flexibility index (Phi) is 6.78. The summed E-state index contributed by atoms with van der Waals surface area (Å²) in [6.45, 7) is 0.456. The standard InChI is InChI=1S/C20H21N3O3S2/c1-23(12-14-6-3-4-8-17(14)26-2)19(25)10-15-13-28-20(21-15)22-18(24)11-16-7-5-9-27-16/h3-9,13H,10-12H2,1-2H3,(H,21,22,24). The van der Waals surface area contributed by atoms with Crippen LogP contribution in [0.1, 0.15) is 16.1 Å². The summed E-state index contributed by atoms with van der Waals surface area (Å²) in [5.41, 5.74) is 1.59. The molecule has 146 valence electrons. The van der Waals surface area contributed by atoms with Crippen LogP contribution in [-0.2, 0) is 29.0 Å². The minimum atomic E-state index is -0.108. The fraction of sp³-hybridized carbons (Fsp3) is 0.250. The highest BCUT2D eigenvalue weighted by Crippen LogP contribution is 2.20. The van der Waals surface area contributed by atoms with Crippen LogP contribution in [0.4, 0.5) is 5.13 Å². The summed E-state index contributed by atoms with van der Waals surface area (Å²) in [6.07, 6.45) is 0.510. The Morgan fingerprint density at radius 3 is 2.71 bits per heavy atom. The molecule has 3 aromatic rings. The van der Waals surface area contributed by atoms with Crippen LogP contribution in [-0.4, -0.2) is 35.9 Å². The number of hydrogen-bond donors (Lipinski definition) is 1. The van der Waals surface area contributed by atoms with Gasteiger partial charge >= 0.3 is 0 Å². The molecule has 0 unspecified atom stereocenters. The summed E-state index contributed by atoms with van der Waals surface area (Å²) >= 11 is 2.87. The molecule has 0 aliphatic rings. The van der Waals surface area contributed by atoms with E-state index in [2.05, 4.69) is 10.3 Å². The molecule has 2 heterocycles. The van der Waals surface area contributed by atoms with Crippen molar-refractivity contribution in [3.05, 3.63) is 63.3 Å². The van der Waals surface area contributed by atoms with Crippen LogP contribution in [0.3, 0.4) is 0 Å². The Morgan fingerprint density at radius 1 is 1.14 bits per heavy atom. The molecule has 28 heavy (non-hydrogen) atoms. The van der Waals surface area contributed by atoms with Gasteiger partial charge < -0.3 is 15.0 Å². The van der Waals surface area contributed by atoms with Crippen molar-refractivity contribution in [2.45, 2.75) is 19.4 Å². The highest BCUT2D eigenvalue weighted by Gasteiger charge is 2.15. The lowest BCUT2D eigenvalue weighted by atomic mass is 10.2. The lowest BCUT2D eigenvalue weighted by Crippen LogP contribution is -2.28. The summed E-state index contributed by atoms with van der Waals surface area (Å²) in [6, 6.07) is 11.5. The van der Waals surface area contributed by atoms with Crippen LogP contribution in [0.25, 0.3) is 0 Å². The molecule has 0 aliphatic carbocycles. The minimum absolute atomic E-state index is 0.0485. The second-order valence-corrected chi connectivity index (χ2v) is 8.08. The van der Waals surface area contributed by atoms with E-state index in [1.54, 1.807) is 35.8 Å². The van der Waals surface area contributed by atoms with Crippen molar-refractivity contribution in [3.8, 4) is 5.75 Å². The predicted molar refractivity (Wildman–Crippen MR) is 112 cm³/mol. The molecule has 0 aliphatic heterocycles. The van der Waals surface area contributed by atoms with E-state index in [4.69, 9.17) is 4.74 Å². The van der Waals surface area contributed by atoms with Crippen molar-refractivity contribution in [3.63, 3.8) is 0 Å². The molecular formula is C20H21N3O3S2. The smallest absolute Gasteiger partial charge is 0.231 e. The molecule has 1 aromatic carbocycles. The van der Waals surface area contributed by atoms with Crippen LogP contribution < -0.4 is 10.1 Å². The highest BCUT2D eigenvalue weighted by molar-refractivity contribution is 7.14. The average Bonchev–Trinajstić information content (AvgIpc) is 3.34. The summed E-state index contributed by atoms with van der Waals surface area (Å²) in [5.74, 6) is 0.599. The number of carbonyl (C=O) groups excluding carboxylic acids is 2. The second kappa shape index (κ2) is 9.48. The van der Waals surface area contributed by atoms with Crippen molar-refractivity contribution in [1.29, 1.82) is 0 Å². The van der Waals surface area contributed by atoms with E-state index in [1.807, 2.05) is 41.8 Å². The zero-order valence-electron chi connectivity index (χ0n) is 15.7. The number of para-hydroxylation sites is 1. The van der Waals surface area contributed by atoms with E-state index in [-0.39, 0.29) is 18.2 Å². The monoisotopic (exact) mass is 415 g/mol. The third-order valence-corrected chi connectivity index (χ3v) is 5.75. The Labute approximate surface area is 171 Å². The third-order valence-electron chi connectivity index (χ3n) is 4.07. The maximum absolute atomic E-state index is 12.5. The first kappa shape index (κ1) is 20.0. The molecule has 2 aromatic heterocycles. The van der Waals surface area contributed by atoms with Gasteiger partial charge in [-0.05, 0) is 17.5 Å². The molecule has 0 radical (unpaired) electrons. The van der Waals surface area contributed by atoms with Crippen LogP contribution in [0.2, 0.25) is 0 Å². The lowest BCUT2D eigenvalue weighted by molar-refractivity contribution is -0.129. The number of rotatable bonds is 8. The number of methoxy groups -OCH3 is 1. The molecule has 3 rings (SSSR count). The van der Waals surface area contributed by atoms with Gasteiger partial charge in [-0.15, -0.1) is 22.7 Å². The third kappa shape index (κ3) is 5.40. The number of likely N-dealkylation sites (N-methyl/N-ethyl adjacent to an activating group) is 1. The van der Waals surface area contributed by atoms with E-state index >= 15 is 0 Å². The number of nitrogens with one attached hydrogen (secondary N) is 1. The molecule has 0 fully saturated rings. The maximum Gasteiger partial charge on any atom is 0.231 e. The predicted octanol–water partition coefficient (Wildman–Crippen LogP) is 3.60. The van der Waals surface area contributed by atoms with Gasteiger partial charge in [0.25, 0.3) is 0 Å². The number of nitrogens with zero attached hydrogens (tertiary/aromatic N) is 2. The molecule has 0 atom stereocenters. The number of ether oxygens (including phenoxy) is 1. The van der Waals surface area contributed by atoms with Gasteiger partial charge in [0.05, 0.1) is 25.6 Å². The van der Waals surface area contributed by atoms with E-state index in [0.717, 1.165) is 16.2 Å². The first-order chi connectivity index (χ1) is 13.5. The summed E-state index contributed by atoms with van der Waals surface area (Å²) in [7, 11) is 3.37. The normalized spacial score (nSPS) is 10.5. The van der Waals surface area contributed by atoms with Crippen molar-refractivity contribution in [2.75, 3.05) is 19.5 Å². The fourth-order valence-corrected chi connectivity index (χ4v) is 4.08. The van der Waals surface area contributed by atoms with Gasteiger partial charge in [-0.2, -0.15) is 0 Å². The van der Waals surface area contributed by atoms with Crippen LogP contribution in [0.15, 0.2) is 47.2 Å². The van der Waals surface area contributed by atoms with Crippen LogP contribution in [0.5, 0.6) is 5.75 Å². The summed E-state index contributed by atoms with van der Waals surface area (Å²) in [4.78, 5) is 31.6. The number of thiazole rings is 1. The summed E-state index contributed by atoms with van der Waals surface area (Å²) < 4.78 is 5.33. The van der Waals surface area contributed by atoms with Crippen molar-refractivity contribution < 1.29 is 14.3 Å². The first-order valence-corrected chi connectivity index (χ1v) is 10.4. The molecule has 0 saturated heterocycles. The number of hydrogen-bond acceptors (Lipinski definition) is 6. The Balaban J connectivity index is 1.53. The van der Waals surface area contributed by atoms with Crippen LogP contribution >= 0.6 is 22.7 Å². The first-order valence-electron chi connectivity index (χ1n) is 8.67. The van der Waals surface area contributed by atoms with E-state index in [9.17, 15) is 9.59 Å². The van der Waals surface area contributed by atoms with Crippen LogP contribution in [0, 0.1) is 0 Å². The number of anilines is 1. The fourth-order valence-electron chi connectivity index (χ4n) is 2.65. The lowest BCUT2D eigenvalue weighted by Gasteiger charge is -2.18. The molecule has 0 saturated carbocycles. The Hall–Kier alpha value is -2.71. The second-order valence-electron chi connectivity index (χ2n) is 6.19. The molecule has 8 heteroatoms. The maximum atomic E-state index is 12.5. The average molecular weight is 416 g/mol. The number of amides is 2. The zero-order valence-corrected chi connectivity index (χ0v) is 17.3. The Bertz CT molecular complexity index is 938. The van der Waals surface area contributed by atoms with E-state index in [1.165, 1.54) is 11.3 Å². The molecule has 0 bridgehead atoms. The van der Waals surface area contributed by atoms with Gasteiger partial charge in [0, 0.05) is 29.4 Å². The molecule has 1 N–H and O–H groups in total.